The maximum Gasteiger partial charge on any atom is 0.255 e. The van der Waals surface area contributed by atoms with Gasteiger partial charge in [-0.15, -0.1) is 0 Å². The van der Waals surface area contributed by atoms with Crippen molar-refractivity contribution in [2.45, 2.75) is 40.5 Å². The number of amides is 2. The lowest BCUT2D eigenvalue weighted by Crippen LogP contribution is -2.38. The van der Waals surface area contributed by atoms with Gasteiger partial charge in [-0.25, -0.2) is 4.98 Å². The van der Waals surface area contributed by atoms with E-state index in [4.69, 9.17) is 4.74 Å². The quantitative estimate of drug-likeness (QED) is 0.608. The van der Waals surface area contributed by atoms with Crippen molar-refractivity contribution in [2.24, 2.45) is 5.92 Å². The molecule has 1 aromatic carbocycles. The Morgan fingerprint density at radius 1 is 1.19 bits per heavy atom. The van der Waals surface area contributed by atoms with E-state index in [1.54, 1.807) is 19.1 Å². The number of anilines is 3. The first-order chi connectivity index (χ1) is 15.2. The van der Waals surface area contributed by atoms with Gasteiger partial charge in [0, 0.05) is 48.1 Å². The minimum atomic E-state index is -0.221. The molecular formula is C23H31N5O4. The molecule has 2 amide bonds. The van der Waals surface area contributed by atoms with Crippen LogP contribution in [-0.2, 0) is 20.7 Å². The van der Waals surface area contributed by atoms with Crippen LogP contribution in [0.15, 0.2) is 23.0 Å². The second kappa shape index (κ2) is 10.4. The molecule has 1 aromatic heterocycles. The van der Waals surface area contributed by atoms with Crippen LogP contribution in [0.25, 0.3) is 0 Å². The number of nitrogens with one attached hydrogen (secondary N) is 3. The fraction of sp³-hybridized carbons (Fsp3) is 0.478. The van der Waals surface area contributed by atoms with Crippen LogP contribution in [0.4, 0.5) is 17.3 Å². The highest BCUT2D eigenvalue weighted by Crippen LogP contribution is 2.21. The minimum Gasteiger partial charge on any atom is -0.378 e. The van der Waals surface area contributed by atoms with Crippen LogP contribution < -0.4 is 21.1 Å². The summed E-state index contributed by atoms with van der Waals surface area (Å²) in [4.78, 5) is 46.5. The van der Waals surface area contributed by atoms with Crippen molar-refractivity contribution in [1.29, 1.82) is 0 Å². The monoisotopic (exact) mass is 441 g/mol. The molecule has 0 radical (unpaired) electrons. The predicted octanol–water partition coefficient (Wildman–Crippen LogP) is 2.39. The fourth-order valence-corrected chi connectivity index (χ4v) is 3.39. The topological polar surface area (TPSA) is 116 Å². The third-order valence-electron chi connectivity index (χ3n) is 5.43. The van der Waals surface area contributed by atoms with Gasteiger partial charge >= 0.3 is 0 Å². The lowest BCUT2D eigenvalue weighted by atomic mass is 10.1. The number of aryl methyl sites for hydroxylation is 2. The Kier molecular flexibility index (Phi) is 7.63. The Labute approximate surface area is 187 Å². The molecule has 1 aliphatic rings. The number of ether oxygens (including phenoxy) is 1. The molecule has 9 nitrogen and oxygen atoms in total. The van der Waals surface area contributed by atoms with E-state index < -0.39 is 0 Å². The van der Waals surface area contributed by atoms with Gasteiger partial charge in [0.25, 0.3) is 5.56 Å². The smallest absolute Gasteiger partial charge is 0.255 e. The standard InChI is InChI=1S/C23H31N5O4/c1-14(2)21(30)25-17-6-5-15(3)19(13-17)26-20(29)8-7-18-16(4)24-23(27-22(18)31)28-9-11-32-12-10-28/h5-6,13-14H,7-12H2,1-4H3,(H,25,30)(H,26,29)(H,24,27,31). The maximum absolute atomic E-state index is 12.6. The number of carbonyl (C=O) groups excluding carboxylic acids is 2. The molecule has 0 atom stereocenters. The van der Waals surface area contributed by atoms with Crippen LogP contribution in [0.1, 0.15) is 37.1 Å². The van der Waals surface area contributed by atoms with Crippen molar-refractivity contribution in [1.82, 2.24) is 9.97 Å². The molecule has 1 aliphatic heterocycles. The van der Waals surface area contributed by atoms with Crippen LogP contribution in [0, 0.1) is 19.8 Å². The van der Waals surface area contributed by atoms with Gasteiger partial charge in [-0.3, -0.25) is 19.4 Å². The van der Waals surface area contributed by atoms with Crippen LogP contribution in [0.2, 0.25) is 0 Å². The van der Waals surface area contributed by atoms with Crippen LogP contribution in [0.3, 0.4) is 0 Å². The van der Waals surface area contributed by atoms with E-state index in [-0.39, 0.29) is 36.1 Å². The number of hydrogen-bond acceptors (Lipinski definition) is 6. The molecular weight excluding hydrogens is 410 g/mol. The summed E-state index contributed by atoms with van der Waals surface area (Å²) in [6, 6.07) is 5.38. The molecule has 2 aromatic rings. The van der Waals surface area contributed by atoms with E-state index in [0.717, 1.165) is 5.56 Å². The molecule has 3 rings (SSSR count). The molecule has 2 heterocycles. The SMILES string of the molecule is Cc1ccc(NC(=O)C(C)C)cc1NC(=O)CCc1c(C)nc(N2CCOCC2)[nH]c1=O. The number of hydrogen-bond donors (Lipinski definition) is 3. The summed E-state index contributed by atoms with van der Waals surface area (Å²) in [6.45, 7) is 9.87. The van der Waals surface area contributed by atoms with Gasteiger partial charge in [0.15, 0.2) is 0 Å². The maximum atomic E-state index is 12.6. The average Bonchev–Trinajstić information content (AvgIpc) is 2.76. The summed E-state index contributed by atoms with van der Waals surface area (Å²) in [5, 5.41) is 5.71. The first-order valence-electron chi connectivity index (χ1n) is 10.9. The lowest BCUT2D eigenvalue weighted by molar-refractivity contribution is -0.119. The van der Waals surface area contributed by atoms with Gasteiger partial charge < -0.3 is 20.3 Å². The van der Waals surface area contributed by atoms with Crippen LogP contribution >= 0.6 is 0 Å². The Morgan fingerprint density at radius 3 is 2.56 bits per heavy atom. The van der Waals surface area contributed by atoms with E-state index in [2.05, 4.69) is 20.6 Å². The highest BCUT2D eigenvalue weighted by Gasteiger charge is 2.17. The number of aromatic amines is 1. The van der Waals surface area contributed by atoms with Crippen molar-refractivity contribution in [3.63, 3.8) is 0 Å². The second-order valence-electron chi connectivity index (χ2n) is 8.27. The number of H-pyrrole nitrogens is 1. The Morgan fingerprint density at radius 2 is 1.91 bits per heavy atom. The summed E-state index contributed by atoms with van der Waals surface area (Å²) < 4.78 is 5.34. The highest BCUT2D eigenvalue weighted by molar-refractivity contribution is 5.95. The van der Waals surface area contributed by atoms with Crippen LogP contribution in [-0.4, -0.2) is 48.1 Å². The molecule has 0 spiro atoms. The summed E-state index contributed by atoms with van der Waals surface area (Å²) in [6.07, 6.45) is 0.427. The third kappa shape index (κ3) is 5.94. The fourth-order valence-electron chi connectivity index (χ4n) is 3.39. The number of morpholine rings is 1. The zero-order valence-corrected chi connectivity index (χ0v) is 19.1. The summed E-state index contributed by atoms with van der Waals surface area (Å²) >= 11 is 0. The zero-order chi connectivity index (χ0) is 23.3. The predicted molar refractivity (Wildman–Crippen MR) is 124 cm³/mol. The van der Waals surface area contributed by atoms with E-state index in [1.165, 1.54) is 0 Å². The van der Waals surface area contributed by atoms with Crippen molar-refractivity contribution in [3.05, 3.63) is 45.4 Å². The molecule has 9 heteroatoms. The Balaban J connectivity index is 1.63. The normalized spacial score (nSPS) is 13.8. The van der Waals surface area contributed by atoms with Gasteiger partial charge in [-0.1, -0.05) is 19.9 Å². The molecule has 1 saturated heterocycles. The zero-order valence-electron chi connectivity index (χ0n) is 19.1. The van der Waals surface area contributed by atoms with Crippen molar-refractivity contribution >= 4 is 29.1 Å². The summed E-state index contributed by atoms with van der Waals surface area (Å²) in [7, 11) is 0. The largest absolute Gasteiger partial charge is 0.378 e. The van der Waals surface area contributed by atoms with E-state index in [1.807, 2.05) is 31.7 Å². The Bertz CT molecular complexity index is 1040. The van der Waals surface area contributed by atoms with Crippen molar-refractivity contribution in [2.75, 3.05) is 41.8 Å². The molecule has 0 aliphatic carbocycles. The number of rotatable bonds is 7. The molecule has 172 valence electrons. The highest BCUT2D eigenvalue weighted by atomic mass is 16.5. The number of carbonyl (C=O) groups is 2. The molecule has 0 bridgehead atoms. The van der Waals surface area contributed by atoms with E-state index in [0.29, 0.717) is 54.9 Å². The third-order valence-corrected chi connectivity index (χ3v) is 5.43. The van der Waals surface area contributed by atoms with Gasteiger partial charge in [0.1, 0.15) is 0 Å². The number of aromatic nitrogens is 2. The molecule has 0 saturated carbocycles. The van der Waals surface area contributed by atoms with E-state index >= 15 is 0 Å². The number of nitrogens with zero attached hydrogens (tertiary/aromatic N) is 2. The molecule has 1 fully saturated rings. The molecule has 32 heavy (non-hydrogen) atoms. The van der Waals surface area contributed by atoms with Crippen molar-refractivity contribution in [3.8, 4) is 0 Å². The minimum absolute atomic E-state index is 0.0890. The van der Waals surface area contributed by atoms with Gasteiger partial charge in [0.2, 0.25) is 17.8 Å². The second-order valence-corrected chi connectivity index (χ2v) is 8.27. The van der Waals surface area contributed by atoms with Gasteiger partial charge in [-0.05, 0) is 38.0 Å². The van der Waals surface area contributed by atoms with Gasteiger partial charge in [0.05, 0.1) is 13.2 Å². The number of benzene rings is 1. The average molecular weight is 442 g/mol. The van der Waals surface area contributed by atoms with Crippen LogP contribution in [0.5, 0.6) is 0 Å². The lowest BCUT2D eigenvalue weighted by Gasteiger charge is -2.27. The molecule has 0 unspecified atom stereocenters. The van der Waals surface area contributed by atoms with Crippen molar-refractivity contribution < 1.29 is 14.3 Å². The Hall–Kier alpha value is -3.20. The first-order valence-corrected chi connectivity index (χ1v) is 10.9. The summed E-state index contributed by atoms with van der Waals surface area (Å²) in [5.41, 5.74) is 3.04. The van der Waals surface area contributed by atoms with E-state index in [9.17, 15) is 14.4 Å². The summed E-state index contributed by atoms with van der Waals surface area (Å²) in [5.74, 6) is 0.101. The molecule has 3 N–H and O–H groups in total. The first kappa shape index (κ1) is 23.5. The van der Waals surface area contributed by atoms with Gasteiger partial charge in [-0.2, -0.15) is 0 Å².